The third kappa shape index (κ3) is 3.40. The number of nitrogen functional groups attached to an aromatic ring is 1. The number of benzene rings is 1. The van der Waals surface area contributed by atoms with Gasteiger partial charge in [-0.3, -0.25) is 0 Å². The van der Waals surface area contributed by atoms with Crippen molar-refractivity contribution in [2.75, 3.05) is 5.73 Å². The molecule has 0 fully saturated rings. The molecule has 2 N–H and O–H groups in total. The third-order valence-corrected chi connectivity index (χ3v) is 2.78. The van der Waals surface area contributed by atoms with Gasteiger partial charge in [0.25, 0.3) is 0 Å². The molecule has 106 valence electrons. The van der Waals surface area contributed by atoms with E-state index in [1.54, 1.807) is 6.07 Å². The molecule has 0 atom stereocenters. The first-order chi connectivity index (χ1) is 9.39. The van der Waals surface area contributed by atoms with Gasteiger partial charge in [-0.2, -0.15) is 0 Å². The maximum Gasteiger partial charge on any atom is 0.573 e. The van der Waals surface area contributed by atoms with Gasteiger partial charge in [0, 0.05) is 11.8 Å². The van der Waals surface area contributed by atoms with E-state index in [-0.39, 0.29) is 5.82 Å². The fourth-order valence-electron chi connectivity index (χ4n) is 1.79. The van der Waals surface area contributed by atoms with Crippen LogP contribution in [0.4, 0.5) is 19.0 Å². The molecule has 20 heavy (non-hydrogen) atoms. The van der Waals surface area contributed by atoms with Crippen molar-refractivity contribution in [1.29, 1.82) is 0 Å². The fourth-order valence-corrected chi connectivity index (χ4v) is 1.79. The molecule has 0 aliphatic heterocycles. The van der Waals surface area contributed by atoms with Crippen LogP contribution in [-0.4, -0.2) is 11.3 Å². The number of halogens is 3. The molecule has 2 aromatic rings. The van der Waals surface area contributed by atoms with Gasteiger partial charge in [0.1, 0.15) is 0 Å². The lowest BCUT2D eigenvalue weighted by Crippen LogP contribution is -2.18. The van der Waals surface area contributed by atoms with Gasteiger partial charge in [-0.15, -0.1) is 13.2 Å². The van der Waals surface area contributed by atoms with Gasteiger partial charge < -0.3 is 10.5 Å². The molecular weight excluding hydrogens is 269 g/mol. The Kier molecular flexibility index (Phi) is 3.83. The predicted octanol–water partition coefficient (Wildman–Crippen LogP) is 3.79. The molecule has 0 bridgehead atoms. The molecule has 0 spiro atoms. The van der Waals surface area contributed by atoms with Gasteiger partial charge in [-0.25, -0.2) is 4.98 Å². The number of aryl methyl sites for hydroxylation is 1. The SMILES string of the molecule is CCc1cccc(-c2cnc(N)c(OC(F)(F)F)c2)c1. The third-order valence-electron chi connectivity index (χ3n) is 2.78. The number of pyridine rings is 1. The van der Waals surface area contributed by atoms with Crippen LogP contribution in [0.25, 0.3) is 11.1 Å². The molecule has 0 saturated carbocycles. The number of aromatic nitrogens is 1. The molecule has 0 aliphatic rings. The molecule has 0 amide bonds. The lowest BCUT2D eigenvalue weighted by molar-refractivity contribution is -0.274. The molecule has 3 nitrogen and oxygen atoms in total. The first-order valence-electron chi connectivity index (χ1n) is 5.99. The summed E-state index contributed by atoms with van der Waals surface area (Å²) in [7, 11) is 0. The highest BCUT2D eigenvalue weighted by atomic mass is 19.4. The summed E-state index contributed by atoms with van der Waals surface area (Å²) in [6.45, 7) is 2.00. The van der Waals surface area contributed by atoms with Crippen molar-refractivity contribution < 1.29 is 17.9 Å². The highest BCUT2D eigenvalue weighted by Crippen LogP contribution is 2.31. The van der Waals surface area contributed by atoms with Gasteiger partial charge in [0.05, 0.1) is 0 Å². The lowest BCUT2D eigenvalue weighted by Gasteiger charge is -2.12. The van der Waals surface area contributed by atoms with Crippen molar-refractivity contribution >= 4 is 5.82 Å². The van der Waals surface area contributed by atoms with Crippen LogP contribution in [0.5, 0.6) is 5.75 Å². The van der Waals surface area contributed by atoms with Gasteiger partial charge in [-0.1, -0.05) is 31.2 Å². The van der Waals surface area contributed by atoms with Crippen LogP contribution in [0.2, 0.25) is 0 Å². The minimum absolute atomic E-state index is 0.294. The average molecular weight is 282 g/mol. The maximum absolute atomic E-state index is 12.3. The minimum atomic E-state index is -4.79. The van der Waals surface area contributed by atoms with Crippen LogP contribution < -0.4 is 10.5 Å². The fraction of sp³-hybridized carbons (Fsp3) is 0.214. The van der Waals surface area contributed by atoms with Crippen molar-refractivity contribution in [1.82, 2.24) is 4.98 Å². The lowest BCUT2D eigenvalue weighted by atomic mass is 10.0. The van der Waals surface area contributed by atoms with Crippen molar-refractivity contribution in [2.45, 2.75) is 19.7 Å². The quantitative estimate of drug-likeness (QED) is 0.931. The number of alkyl halides is 3. The van der Waals surface area contributed by atoms with Gasteiger partial charge in [0.2, 0.25) is 0 Å². The number of hydrogen-bond donors (Lipinski definition) is 1. The van der Waals surface area contributed by atoms with E-state index in [4.69, 9.17) is 5.73 Å². The van der Waals surface area contributed by atoms with Crippen LogP contribution >= 0.6 is 0 Å². The van der Waals surface area contributed by atoms with E-state index in [0.717, 1.165) is 17.5 Å². The largest absolute Gasteiger partial charge is 0.573 e. The Bertz CT molecular complexity index is 612. The number of nitrogens with zero attached hydrogens (tertiary/aromatic N) is 1. The molecule has 0 saturated heterocycles. The van der Waals surface area contributed by atoms with Gasteiger partial charge >= 0.3 is 6.36 Å². The van der Waals surface area contributed by atoms with Crippen molar-refractivity contribution in [2.24, 2.45) is 0 Å². The Hall–Kier alpha value is -2.24. The summed E-state index contributed by atoms with van der Waals surface area (Å²) in [5.74, 6) is -0.783. The molecule has 2 rings (SSSR count). The van der Waals surface area contributed by atoms with E-state index in [1.165, 1.54) is 12.3 Å². The van der Waals surface area contributed by atoms with E-state index in [9.17, 15) is 13.2 Å². The van der Waals surface area contributed by atoms with E-state index < -0.39 is 12.1 Å². The summed E-state index contributed by atoms with van der Waals surface area (Å²) in [4.78, 5) is 3.75. The van der Waals surface area contributed by atoms with E-state index >= 15 is 0 Å². The molecule has 1 aromatic heterocycles. The Labute approximate surface area is 114 Å². The summed E-state index contributed by atoms with van der Waals surface area (Å²) >= 11 is 0. The molecule has 6 heteroatoms. The highest BCUT2D eigenvalue weighted by molar-refractivity contribution is 5.67. The van der Waals surface area contributed by atoms with Crippen molar-refractivity contribution in [3.8, 4) is 16.9 Å². The second-order valence-electron chi connectivity index (χ2n) is 4.21. The standard InChI is InChI=1S/C14H13F3N2O/c1-2-9-4-3-5-10(6-9)11-7-12(13(18)19-8-11)20-14(15,16)17/h3-8H,2H2,1H3,(H2,18,19). The zero-order valence-electron chi connectivity index (χ0n) is 10.7. The van der Waals surface area contributed by atoms with Crippen molar-refractivity contribution in [3.63, 3.8) is 0 Å². The summed E-state index contributed by atoms with van der Waals surface area (Å²) in [5, 5.41) is 0. The predicted molar refractivity (Wildman–Crippen MR) is 70.1 cm³/mol. The van der Waals surface area contributed by atoms with Gasteiger partial charge in [-0.05, 0) is 23.6 Å². The molecular formula is C14H13F3N2O. The maximum atomic E-state index is 12.3. The zero-order valence-corrected chi connectivity index (χ0v) is 10.7. The number of rotatable bonds is 3. The topological polar surface area (TPSA) is 48.1 Å². The molecule has 0 radical (unpaired) electrons. The summed E-state index contributed by atoms with van der Waals surface area (Å²) in [6, 6.07) is 8.72. The molecule has 1 heterocycles. The molecule has 0 aliphatic carbocycles. The van der Waals surface area contributed by atoms with Crippen LogP contribution in [0.3, 0.4) is 0 Å². The van der Waals surface area contributed by atoms with E-state index in [1.807, 2.05) is 25.1 Å². The molecule has 1 aromatic carbocycles. The second-order valence-corrected chi connectivity index (χ2v) is 4.21. The Morgan fingerprint density at radius 3 is 2.60 bits per heavy atom. The Morgan fingerprint density at radius 2 is 1.95 bits per heavy atom. The Balaban J connectivity index is 2.40. The number of nitrogens with two attached hydrogens (primary N) is 1. The minimum Gasteiger partial charge on any atom is -0.402 e. The normalized spacial score (nSPS) is 11.4. The monoisotopic (exact) mass is 282 g/mol. The number of ether oxygens (including phenoxy) is 1. The number of anilines is 1. The van der Waals surface area contributed by atoms with E-state index in [2.05, 4.69) is 9.72 Å². The first-order valence-corrected chi connectivity index (χ1v) is 5.99. The summed E-state index contributed by atoms with van der Waals surface area (Å²) in [5.41, 5.74) is 7.77. The summed E-state index contributed by atoms with van der Waals surface area (Å²) < 4.78 is 40.7. The number of hydrogen-bond acceptors (Lipinski definition) is 3. The van der Waals surface area contributed by atoms with Crippen LogP contribution in [-0.2, 0) is 6.42 Å². The highest BCUT2D eigenvalue weighted by Gasteiger charge is 2.32. The Morgan fingerprint density at radius 1 is 1.20 bits per heavy atom. The zero-order chi connectivity index (χ0) is 14.8. The molecule has 0 unspecified atom stereocenters. The smallest absolute Gasteiger partial charge is 0.402 e. The van der Waals surface area contributed by atoms with Crippen molar-refractivity contribution in [3.05, 3.63) is 42.1 Å². The van der Waals surface area contributed by atoms with Crippen LogP contribution in [0, 0.1) is 0 Å². The van der Waals surface area contributed by atoms with Crippen LogP contribution in [0.15, 0.2) is 36.5 Å². The van der Waals surface area contributed by atoms with E-state index in [0.29, 0.717) is 5.56 Å². The first kappa shape index (κ1) is 14.2. The van der Waals surface area contributed by atoms with Gasteiger partial charge in [0.15, 0.2) is 11.6 Å². The summed E-state index contributed by atoms with van der Waals surface area (Å²) in [6.07, 6.45) is -2.53. The van der Waals surface area contributed by atoms with Crippen LogP contribution in [0.1, 0.15) is 12.5 Å². The average Bonchev–Trinajstić information content (AvgIpc) is 2.40. The second kappa shape index (κ2) is 5.40.